The van der Waals surface area contributed by atoms with Crippen LogP contribution < -0.4 is 10.1 Å². The molecule has 1 amide bonds. The second-order valence-corrected chi connectivity index (χ2v) is 7.87. The third kappa shape index (κ3) is 5.48. The summed E-state index contributed by atoms with van der Waals surface area (Å²) in [6.07, 6.45) is 7.57. The predicted octanol–water partition coefficient (Wildman–Crippen LogP) is 4.07. The summed E-state index contributed by atoms with van der Waals surface area (Å²) >= 11 is 1.41. The van der Waals surface area contributed by atoms with E-state index in [2.05, 4.69) is 15.5 Å². The number of para-hydroxylation sites is 2. The summed E-state index contributed by atoms with van der Waals surface area (Å²) in [6, 6.07) is 7.47. The van der Waals surface area contributed by atoms with Gasteiger partial charge < -0.3 is 14.6 Å². The molecular weight excluding hydrogens is 360 g/mol. The molecule has 0 unspecified atom stereocenters. The normalized spacial score (nSPS) is 14.9. The van der Waals surface area contributed by atoms with Gasteiger partial charge in [0.25, 0.3) is 0 Å². The van der Waals surface area contributed by atoms with E-state index in [0.29, 0.717) is 18.0 Å². The largest absolute Gasteiger partial charge is 0.492 e. The van der Waals surface area contributed by atoms with Crippen molar-refractivity contribution in [1.29, 1.82) is 0 Å². The number of nitrogens with zero attached hydrogens (tertiary/aromatic N) is 3. The van der Waals surface area contributed by atoms with Crippen LogP contribution in [-0.4, -0.2) is 33.0 Å². The van der Waals surface area contributed by atoms with E-state index in [1.54, 1.807) is 0 Å². The molecule has 0 aliphatic heterocycles. The van der Waals surface area contributed by atoms with E-state index in [9.17, 15) is 4.79 Å². The minimum Gasteiger partial charge on any atom is -0.492 e. The first-order valence-electron chi connectivity index (χ1n) is 9.70. The molecule has 0 atom stereocenters. The zero-order chi connectivity index (χ0) is 19.1. The number of amides is 1. The quantitative estimate of drug-likeness (QED) is 0.691. The van der Waals surface area contributed by atoms with E-state index >= 15 is 0 Å². The van der Waals surface area contributed by atoms with Crippen molar-refractivity contribution in [2.24, 2.45) is 13.0 Å². The molecule has 27 heavy (non-hydrogen) atoms. The third-order valence-electron chi connectivity index (χ3n) is 4.91. The van der Waals surface area contributed by atoms with Gasteiger partial charge in [0.1, 0.15) is 11.6 Å². The summed E-state index contributed by atoms with van der Waals surface area (Å²) in [5.41, 5.74) is 0.695. The molecule has 0 radical (unpaired) electrons. The highest BCUT2D eigenvalue weighted by atomic mass is 32.2. The van der Waals surface area contributed by atoms with Crippen LogP contribution in [0.25, 0.3) is 0 Å². The van der Waals surface area contributed by atoms with Crippen LogP contribution in [0.2, 0.25) is 0 Å². The van der Waals surface area contributed by atoms with Crippen molar-refractivity contribution in [3.05, 3.63) is 30.1 Å². The van der Waals surface area contributed by atoms with Crippen LogP contribution in [0.5, 0.6) is 5.75 Å². The average Bonchev–Trinajstić information content (AvgIpc) is 3.02. The van der Waals surface area contributed by atoms with Crippen LogP contribution in [0.15, 0.2) is 29.4 Å². The smallest absolute Gasteiger partial charge is 0.234 e. The van der Waals surface area contributed by atoms with E-state index in [-0.39, 0.29) is 11.7 Å². The Morgan fingerprint density at radius 2 is 2.04 bits per heavy atom. The second-order valence-electron chi connectivity index (χ2n) is 6.93. The lowest BCUT2D eigenvalue weighted by molar-refractivity contribution is -0.113. The third-order valence-corrected chi connectivity index (χ3v) is 5.93. The Balaban J connectivity index is 1.53. The maximum Gasteiger partial charge on any atom is 0.234 e. The van der Waals surface area contributed by atoms with Crippen molar-refractivity contribution >= 4 is 23.4 Å². The Kier molecular flexibility index (Phi) is 7.15. The number of hydrogen-bond acceptors (Lipinski definition) is 5. The molecule has 1 aliphatic carbocycles. The molecule has 6 nitrogen and oxygen atoms in total. The molecule has 1 aromatic heterocycles. The van der Waals surface area contributed by atoms with Gasteiger partial charge in [0, 0.05) is 13.5 Å². The monoisotopic (exact) mass is 388 g/mol. The number of ether oxygens (including phenoxy) is 1. The first-order chi connectivity index (χ1) is 13.2. The lowest BCUT2D eigenvalue weighted by Crippen LogP contribution is -2.15. The molecule has 1 aromatic carbocycles. The lowest BCUT2D eigenvalue weighted by Gasteiger charge is -2.20. The zero-order valence-electron chi connectivity index (χ0n) is 16.1. The Morgan fingerprint density at radius 3 is 2.81 bits per heavy atom. The van der Waals surface area contributed by atoms with Crippen LogP contribution >= 0.6 is 11.8 Å². The highest BCUT2D eigenvalue weighted by molar-refractivity contribution is 7.99. The van der Waals surface area contributed by atoms with E-state index in [0.717, 1.165) is 23.3 Å². The summed E-state index contributed by atoms with van der Waals surface area (Å²) in [4.78, 5) is 12.3. The molecule has 146 valence electrons. The molecule has 7 heteroatoms. The summed E-state index contributed by atoms with van der Waals surface area (Å²) in [6.45, 7) is 2.48. The van der Waals surface area contributed by atoms with Crippen molar-refractivity contribution in [2.45, 2.75) is 50.6 Å². The summed E-state index contributed by atoms with van der Waals surface area (Å²) < 4.78 is 7.58. The van der Waals surface area contributed by atoms with Gasteiger partial charge in [-0.2, -0.15) is 0 Å². The van der Waals surface area contributed by atoms with Crippen LogP contribution in [0.4, 0.5) is 5.69 Å². The summed E-state index contributed by atoms with van der Waals surface area (Å²) in [5, 5.41) is 12.3. The topological polar surface area (TPSA) is 69.0 Å². The molecule has 1 saturated carbocycles. The number of aromatic nitrogens is 3. The molecule has 3 rings (SSSR count). The minimum absolute atomic E-state index is 0.0796. The second kappa shape index (κ2) is 9.78. The Bertz CT molecular complexity index is 756. The maximum atomic E-state index is 12.3. The molecule has 2 aromatic rings. The number of carbonyl (C=O) groups excluding carboxylic acids is 1. The summed E-state index contributed by atoms with van der Waals surface area (Å²) in [5.74, 6) is 2.63. The SMILES string of the molecule is CCOc1ccccc1NC(=O)CSc1nnc(CC2CCCCC2)n1C. The number of hydrogen-bond donors (Lipinski definition) is 1. The number of carbonyl (C=O) groups is 1. The predicted molar refractivity (Wildman–Crippen MR) is 108 cm³/mol. The highest BCUT2D eigenvalue weighted by Gasteiger charge is 2.18. The van der Waals surface area contributed by atoms with Gasteiger partial charge in [-0.3, -0.25) is 4.79 Å². The van der Waals surface area contributed by atoms with E-state index in [1.165, 1.54) is 43.9 Å². The fourth-order valence-corrected chi connectivity index (χ4v) is 4.20. The number of anilines is 1. The number of nitrogens with one attached hydrogen (secondary N) is 1. The molecular formula is C20H28N4O2S. The van der Waals surface area contributed by atoms with Crippen LogP contribution in [0, 0.1) is 5.92 Å². The maximum absolute atomic E-state index is 12.3. The van der Waals surface area contributed by atoms with Gasteiger partial charge >= 0.3 is 0 Å². The van der Waals surface area contributed by atoms with Gasteiger partial charge in [0.05, 0.1) is 18.0 Å². The van der Waals surface area contributed by atoms with E-state index in [1.807, 2.05) is 42.8 Å². The van der Waals surface area contributed by atoms with Gasteiger partial charge in [-0.1, -0.05) is 56.0 Å². The van der Waals surface area contributed by atoms with Gasteiger partial charge in [0.2, 0.25) is 5.91 Å². The first-order valence-corrected chi connectivity index (χ1v) is 10.7. The van der Waals surface area contributed by atoms with E-state index < -0.39 is 0 Å². The van der Waals surface area contributed by atoms with Crippen molar-refractivity contribution in [2.75, 3.05) is 17.7 Å². The first kappa shape index (κ1) is 19.7. The van der Waals surface area contributed by atoms with E-state index in [4.69, 9.17) is 4.74 Å². The van der Waals surface area contributed by atoms with Gasteiger partial charge in [-0.25, -0.2) is 0 Å². The molecule has 0 saturated heterocycles. The average molecular weight is 389 g/mol. The van der Waals surface area contributed by atoms with Crippen LogP contribution in [0.3, 0.4) is 0 Å². The van der Waals surface area contributed by atoms with Crippen molar-refractivity contribution in [1.82, 2.24) is 14.8 Å². The summed E-state index contributed by atoms with van der Waals surface area (Å²) in [7, 11) is 1.99. The Hall–Kier alpha value is -2.02. The fourth-order valence-electron chi connectivity index (χ4n) is 3.47. The van der Waals surface area contributed by atoms with Gasteiger partial charge in [0.15, 0.2) is 5.16 Å². The van der Waals surface area contributed by atoms with Crippen molar-refractivity contribution < 1.29 is 9.53 Å². The molecule has 1 fully saturated rings. The number of rotatable bonds is 8. The molecule has 1 aliphatic rings. The minimum atomic E-state index is -0.0796. The zero-order valence-corrected chi connectivity index (χ0v) is 16.9. The van der Waals surface area contributed by atoms with Crippen molar-refractivity contribution in [3.63, 3.8) is 0 Å². The Labute approximate surface area is 165 Å². The van der Waals surface area contributed by atoms with Crippen LogP contribution in [0.1, 0.15) is 44.9 Å². The lowest BCUT2D eigenvalue weighted by atomic mass is 9.87. The molecule has 1 heterocycles. The van der Waals surface area contributed by atoms with Crippen LogP contribution in [-0.2, 0) is 18.3 Å². The number of benzene rings is 1. The molecule has 0 spiro atoms. The molecule has 0 bridgehead atoms. The standard InChI is InChI=1S/C20H28N4O2S/c1-3-26-17-12-8-7-11-16(17)21-19(25)14-27-20-23-22-18(24(20)2)13-15-9-5-4-6-10-15/h7-8,11-12,15H,3-6,9-10,13-14H2,1-2H3,(H,21,25). The number of thioether (sulfide) groups is 1. The molecule has 1 N–H and O–H groups in total. The fraction of sp³-hybridized carbons (Fsp3) is 0.550. The Morgan fingerprint density at radius 1 is 1.26 bits per heavy atom. The van der Waals surface area contributed by atoms with Crippen molar-refractivity contribution in [3.8, 4) is 5.75 Å². The highest BCUT2D eigenvalue weighted by Crippen LogP contribution is 2.27. The van der Waals surface area contributed by atoms with Gasteiger partial charge in [-0.15, -0.1) is 10.2 Å². The van der Waals surface area contributed by atoms with Gasteiger partial charge in [-0.05, 0) is 25.0 Å².